The Morgan fingerprint density at radius 1 is 1.16 bits per heavy atom. The van der Waals surface area contributed by atoms with E-state index in [-0.39, 0.29) is 43.1 Å². The fourth-order valence-corrected chi connectivity index (χ4v) is 3.84. The van der Waals surface area contributed by atoms with Crippen molar-refractivity contribution in [3.63, 3.8) is 0 Å². The van der Waals surface area contributed by atoms with Gasteiger partial charge in [-0.3, -0.25) is 14.4 Å². The second-order valence-corrected chi connectivity index (χ2v) is 8.26. The molecule has 2 aliphatic rings. The second kappa shape index (κ2) is 9.33. The molecule has 1 saturated heterocycles. The van der Waals surface area contributed by atoms with Crippen LogP contribution in [0.25, 0.3) is 0 Å². The zero-order valence-electron chi connectivity index (χ0n) is 18.1. The van der Waals surface area contributed by atoms with E-state index in [0.717, 1.165) is 0 Å². The number of anilines is 1. The van der Waals surface area contributed by atoms with Crippen LogP contribution in [-0.2, 0) is 20.9 Å². The van der Waals surface area contributed by atoms with Crippen molar-refractivity contribution in [3.8, 4) is 11.5 Å². The molecular weight excluding hydrogens is 414 g/mol. The lowest BCUT2D eigenvalue weighted by atomic mass is 10.0. The first-order valence-electron chi connectivity index (χ1n) is 10.7. The predicted octanol–water partition coefficient (Wildman–Crippen LogP) is 1.86. The number of hydrogen-bond donors (Lipinski definition) is 2. The van der Waals surface area contributed by atoms with Crippen molar-refractivity contribution >= 4 is 23.4 Å². The number of rotatable bonds is 7. The molecule has 0 aliphatic carbocycles. The SMILES string of the molecule is CC(C)[C@H](NC(=O)[C@@H]1CC(=O)N(c2ccc3c(c2)OCCO3)C1)C(=O)NCc1ccco1. The van der Waals surface area contributed by atoms with Gasteiger partial charge in [-0.25, -0.2) is 0 Å². The average molecular weight is 441 g/mol. The normalized spacial score (nSPS) is 18.5. The molecule has 2 N–H and O–H groups in total. The van der Waals surface area contributed by atoms with Gasteiger partial charge in [-0.15, -0.1) is 0 Å². The van der Waals surface area contributed by atoms with Crippen LogP contribution < -0.4 is 25.0 Å². The molecule has 170 valence electrons. The molecule has 1 aromatic carbocycles. The first kappa shape index (κ1) is 21.7. The van der Waals surface area contributed by atoms with Crippen molar-refractivity contribution < 1.29 is 28.3 Å². The summed E-state index contributed by atoms with van der Waals surface area (Å²) in [7, 11) is 0. The number of carbonyl (C=O) groups is 3. The monoisotopic (exact) mass is 441 g/mol. The van der Waals surface area contributed by atoms with Gasteiger partial charge in [0.1, 0.15) is 25.0 Å². The number of carbonyl (C=O) groups excluding carboxylic acids is 3. The minimum absolute atomic E-state index is 0.0824. The topological polar surface area (TPSA) is 110 Å². The van der Waals surface area contributed by atoms with E-state index in [4.69, 9.17) is 13.9 Å². The van der Waals surface area contributed by atoms with E-state index in [1.807, 2.05) is 13.8 Å². The fourth-order valence-electron chi connectivity index (χ4n) is 3.84. The molecule has 3 amide bonds. The summed E-state index contributed by atoms with van der Waals surface area (Å²) in [5, 5.41) is 5.61. The Morgan fingerprint density at radius 2 is 1.94 bits per heavy atom. The molecule has 0 spiro atoms. The maximum absolute atomic E-state index is 12.9. The number of amides is 3. The predicted molar refractivity (Wildman–Crippen MR) is 115 cm³/mol. The lowest BCUT2D eigenvalue weighted by Gasteiger charge is -2.24. The number of furan rings is 1. The molecule has 4 rings (SSSR count). The van der Waals surface area contributed by atoms with Crippen LogP contribution in [0.1, 0.15) is 26.0 Å². The molecule has 2 aromatic rings. The Balaban J connectivity index is 1.38. The summed E-state index contributed by atoms with van der Waals surface area (Å²) in [5.41, 5.74) is 0.658. The van der Waals surface area contributed by atoms with Crippen LogP contribution in [0.2, 0.25) is 0 Å². The number of nitrogens with one attached hydrogen (secondary N) is 2. The molecule has 9 nitrogen and oxygen atoms in total. The van der Waals surface area contributed by atoms with Crippen LogP contribution >= 0.6 is 0 Å². The maximum Gasteiger partial charge on any atom is 0.243 e. The lowest BCUT2D eigenvalue weighted by Crippen LogP contribution is -2.51. The zero-order chi connectivity index (χ0) is 22.7. The Labute approximate surface area is 186 Å². The third kappa shape index (κ3) is 4.71. The van der Waals surface area contributed by atoms with E-state index in [0.29, 0.717) is 36.2 Å². The van der Waals surface area contributed by atoms with Gasteiger partial charge < -0.3 is 29.4 Å². The number of hydrogen-bond acceptors (Lipinski definition) is 6. The van der Waals surface area contributed by atoms with Gasteiger partial charge in [0.05, 0.1) is 18.7 Å². The van der Waals surface area contributed by atoms with E-state index in [2.05, 4.69) is 10.6 Å². The molecule has 0 saturated carbocycles. The molecule has 0 unspecified atom stereocenters. The number of nitrogens with zero attached hydrogens (tertiary/aromatic N) is 1. The van der Waals surface area contributed by atoms with E-state index in [9.17, 15) is 14.4 Å². The first-order valence-corrected chi connectivity index (χ1v) is 10.7. The van der Waals surface area contributed by atoms with Crippen molar-refractivity contribution in [2.45, 2.75) is 32.9 Å². The van der Waals surface area contributed by atoms with Gasteiger partial charge in [0, 0.05) is 24.7 Å². The molecule has 1 fully saturated rings. The van der Waals surface area contributed by atoms with Gasteiger partial charge in [0.2, 0.25) is 17.7 Å². The first-order chi connectivity index (χ1) is 15.4. The highest BCUT2D eigenvalue weighted by Crippen LogP contribution is 2.36. The third-order valence-corrected chi connectivity index (χ3v) is 5.60. The molecule has 0 bridgehead atoms. The molecule has 1 aromatic heterocycles. The van der Waals surface area contributed by atoms with Crippen molar-refractivity contribution in [2.75, 3.05) is 24.7 Å². The molecule has 2 atom stereocenters. The van der Waals surface area contributed by atoms with Crippen LogP contribution in [0.3, 0.4) is 0 Å². The standard InChI is InChI=1S/C23H27N3O6/c1-14(2)21(23(29)24-12-17-4-3-7-30-17)25-22(28)15-10-20(27)26(13-15)16-5-6-18-19(11-16)32-9-8-31-18/h3-7,11,14-15,21H,8-10,12-13H2,1-2H3,(H,24,29)(H,25,28)/t15-,21+/m1/s1. The van der Waals surface area contributed by atoms with Gasteiger partial charge in [0.25, 0.3) is 0 Å². The Hall–Kier alpha value is -3.49. The maximum atomic E-state index is 12.9. The lowest BCUT2D eigenvalue weighted by molar-refractivity contribution is -0.132. The minimum atomic E-state index is -0.712. The van der Waals surface area contributed by atoms with E-state index >= 15 is 0 Å². The van der Waals surface area contributed by atoms with Gasteiger partial charge in [-0.2, -0.15) is 0 Å². The molecule has 3 heterocycles. The summed E-state index contributed by atoms with van der Waals surface area (Å²) in [6.07, 6.45) is 1.62. The highest BCUT2D eigenvalue weighted by molar-refractivity contribution is 6.01. The Morgan fingerprint density at radius 3 is 2.66 bits per heavy atom. The van der Waals surface area contributed by atoms with Gasteiger partial charge in [-0.05, 0) is 30.2 Å². The molecule has 0 radical (unpaired) electrons. The summed E-state index contributed by atoms with van der Waals surface area (Å²) in [6.45, 7) is 5.14. The highest BCUT2D eigenvalue weighted by atomic mass is 16.6. The molecular formula is C23H27N3O6. The zero-order valence-corrected chi connectivity index (χ0v) is 18.1. The summed E-state index contributed by atoms with van der Waals surface area (Å²) in [6, 6.07) is 8.10. The molecule has 2 aliphatic heterocycles. The third-order valence-electron chi connectivity index (χ3n) is 5.60. The van der Waals surface area contributed by atoms with Crippen molar-refractivity contribution in [2.24, 2.45) is 11.8 Å². The van der Waals surface area contributed by atoms with Gasteiger partial charge >= 0.3 is 0 Å². The van der Waals surface area contributed by atoms with Crippen molar-refractivity contribution in [1.29, 1.82) is 0 Å². The highest BCUT2D eigenvalue weighted by Gasteiger charge is 2.37. The Kier molecular flexibility index (Phi) is 6.34. The Bertz CT molecular complexity index is 988. The quantitative estimate of drug-likeness (QED) is 0.679. The number of fused-ring (bicyclic) bond motifs is 1. The van der Waals surface area contributed by atoms with Crippen LogP contribution in [0.15, 0.2) is 41.0 Å². The summed E-state index contributed by atoms with van der Waals surface area (Å²) < 4.78 is 16.3. The molecule has 32 heavy (non-hydrogen) atoms. The van der Waals surface area contributed by atoms with Crippen LogP contribution in [0, 0.1) is 11.8 Å². The minimum Gasteiger partial charge on any atom is -0.486 e. The summed E-state index contributed by atoms with van der Waals surface area (Å²) in [4.78, 5) is 39.8. The van der Waals surface area contributed by atoms with Gasteiger partial charge in [0.15, 0.2) is 11.5 Å². The van der Waals surface area contributed by atoms with Crippen LogP contribution in [0.5, 0.6) is 11.5 Å². The molecule has 9 heteroatoms. The van der Waals surface area contributed by atoms with E-state index in [1.54, 1.807) is 35.2 Å². The van der Waals surface area contributed by atoms with Crippen LogP contribution in [0.4, 0.5) is 5.69 Å². The van der Waals surface area contributed by atoms with Gasteiger partial charge in [-0.1, -0.05) is 13.8 Å². The number of benzene rings is 1. The van der Waals surface area contributed by atoms with Crippen molar-refractivity contribution in [3.05, 3.63) is 42.4 Å². The summed E-state index contributed by atoms with van der Waals surface area (Å²) >= 11 is 0. The smallest absolute Gasteiger partial charge is 0.243 e. The summed E-state index contributed by atoms with van der Waals surface area (Å²) in [5.74, 6) is 0.428. The van der Waals surface area contributed by atoms with E-state index < -0.39 is 12.0 Å². The van der Waals surface area contributed by atoms with Crippen molar-refractivity contribution in [1.82, 2.24) is 10.6 Å². The average Bonchev–Trinajstić information content (AvgIpc) is 3.45. The largest absolute Gasteiger partial charge is 0.486 e. The van der Waals surface area contributed by atoms with Crippen LogP contribution in [-0.4, -0.2) is 43.5 Å². The second-order valence-electron chi connectivity index (χ2n) is 8.26. The van der Waals surface area contributed by atoms with E-state index in [1.165, 1.54) is 6.26 Å². The number of ether oxygens (including phenoxy) is 2. The fraction of sp³-hybridized carbons (Fsp3) is 0.435.